The molecule has 3 rings (SSSR count). The number of carbonyl (C=O) groups is 2. The van der Waals surface area contributed by atoms with Gasteiger partial charge in [0, 0.05) is 21.5 Å². The molecule has 3 aromatic rings. The number of ether oxygens (including phenoxy) is 4. The molecule has 0 saturated carbocycles. The van der Waals surface area contributed by atoms with E-state index < -0.39 is 12.3 Å². The standard InChI is InChI=1S/C38H54O6/c1-4-7-9-11-13-15-17-21-27-41-37(39)43-35-31-23-19-20-24-32(31)36(34-29-30(6-3)25-26-33(34)35)44-38(40)42-28-22-18-16-14-12-10-8-5-2/h19-20,23-26,29H,4-18,21-22,27-28H2,1-3H3. The van der Waals surface area contributed by atoms with Crippen molar-refractivity contribution in [1.82, 2.24) is 0 Å². The average molecular weight is 607 g/mol. The molecule has 0 radical (unpaired) electrons. The summed E-state index contributed by atoms with van der Waals surface area (Å²) in [5, 5.41) is 2.70. The Bertz CT molecular complexity index is 1280. The van der Waals surface area contributed by atoms with Crippen LogP contribution in [0.3, 0.4) is 0 Å². The molecule has 0 heterocycles. The van der Waals surface area contributed by atoms with Gasteiger partial charge in [-0.3, -0.25) is 0 Å². The Hall–Kier alpha value is -3.28. The molecule has 242 valence electrons. The highest BCUT2D eigenvalue weighted by molar-refractivity contribution is 6.12. The number of hydrogen-bond acceptors (Lipinski definition) is 6. The van der Waals surface area contributed by atoms with E-state index in [0.717, 1.165) is 50.5 Å². The summed E-state index contributed by atoms with van der Waals surface area (Å²) in [6.07, 6.45) is 18.1. The largest absolute Gasteiger partial charge is 0.513 e. The van der Waals surface area contributed by atoms with E-state index in [2.05, 4.69) is 20.8 Å². The van der Waals surface area contributed by atoms with Gasteiger partial charge < -0.3 is 18.9 Å². The zero-order valence-electron chi connectivity index (χ0n) is 27.4. The third-order valence-electron chi connectivity index (χ3n) is 8.20. The number of rotatable bonds is 21. The van der Waals surface area contributed by atoms with Crippen molar-refractivity contribution in [3.63, 3.8) is 0 Å². The molecule has 3 aromatic carbocycles. The van der Waals surface area contributed by atoms with Gasteiger partial charge in [0.1, 0.15) is 11.5 Å². The van der Waals surface area contributed by atoms with E-state index in [1.165, 1.54) is 64.2 Å². The van der Waals surface area contributed by atoms with Crippen molar-refractivity contribution in [2.75, 3.05) is 13.2 Å². The summed E-state index contributed by atoms with van der Waals surface area (Å²) < 4.78 is 22.6. The van der Waals surface area contributed by atoms with Crippen LogP contribution in [-0.2, 0) is 15.9 Å². The van der Waals surface area contributed by atoms with Crippen LogP contribution in [0.5, 0.6) is 11.5 Å². The summed E-state index contributed by atoms with van der Waals surface area (Å²) in [6.45, 7) is 7.18. The van der Waals surface area contributed by atoms with Gasteiger partial charge in [0.25, 0.3) is 0 Å². The molecule has 6 heteroatoms. The van der Waals surface area contributed by atoms with Gasteiger partial charge >= 0.3 is 12.3 Å². The zero-order valence-corrected chi connectivity index (χ0v) is 27.4. The molecule has 44 heavy (non-hydrogen) atoms. The maximum atomic E-state index is 12.8. The Labute approximate surface area is 264 Å². The van der Waals surface area contributed by atoms with Crippen molar-refractivity contribution in [3.8, 4) is 11.5 Å². The normalized spacial score (nSPS) is 11.2. The second-order valence-electron chi connectivity index (χ2n) is 11.8. The lowest BCUT2D eigenvalue weighted by Crippen LogP contribution is -2.14. The van der Waals surface area contributed by atoms with Crippen molar-refractivity contribution in [2.45, 2.75) is 130 Å². The number of carbonyl (C=O) groups excluding carboxylic acids is 2. The average Bonchev–Trinajstić information content (AvgIpc) is 3.04. The summed E-state index contributed by atoms with van der Waals surface area (Å²) >= 11 is 0. The van der Waals surface area contributed by atoms with E-state index >= 15 is 0 Å². The van der Waals surface area contributed by atoms with E-state index in [0.29, 0.717) is 46.3 Å². The Morgan fingerprint density at radius 2 is 0.909 bits per heavy atom. The molecule has 0 fully saturated rings. The van der Waals surface area contributed by atoms with Crippen LogP contribution in [0.15, 0.2) is 42.5 Å². The van der Waals surface area contributed by atoms with Crippen LogP contribution in [0.2, 0.25) is 0 Å². The molecule has 0 aromatic heterocycles. The third kappa shape index (κ3) is 11.7. The second kappa shape index (κ2) is 20.6. The van der Waals surface area contributed by atoms with Crippen molar-refractivity contribution in [1.29, 1.82) is 0 Å². The molecule has 0 bridgehead atoms. The molecule has 0 aliphatic carbocycles. The van der Waals surface area contributed by atoms with Gasteiger partial charge in [-0.15, -0.1) is 0 Å². The number of hydrogen-bond donors (Lipinski definition) is 0. The van der Waals surface area contributed by atoms with E-state index in [4.69, 9.17) is 18.9 Å². The molecule has 0 saturated heterocycles. The fourth-order valence-electron chi connectivity index (χ4n) is 5.59. The van der Waals surface area contributed by atoms with E-state index in [-0.39, 0.29) is 0 Å². The van der Waals surface area contributed by atoms with Gasteiger partial charge in [0.2, 0.25) is 0 Å². The summed E-state index contributed by atoms with van der Waals surface area (Å²) in [6, 6.07) is 13.4. The molecule has 0 aliphatic heterocycles. The van der Waals surface area contributed by atoms with E-state index in [1.54, 1.807) is 0 Å². The fourth-order valence-corrected chi connectivity index (χ4v) is 5.59. The lowest BCUT2D eigenvalue weighted by Gasteiger charge is -2.17. The molecular weight excluding hydrogens is 552 g/mol. The van der Waals surface area contributed by atoms with Gasteiger partial charge in [-0.05, 0) is 30.9 Å². The Balaban J connectivity index is 1.65. The van der Waals surface area contributed by atoms with Gasteiger partial charge in [-0.1, -0.05) is 147 Å². The van der Waals surface area contributed by atoms with Crippen LogP contribution in [0.25, 0.3) is 21.5 Å². The highest BCUT2D eigenvalue weighted by Crippen LogP contribution is 2.43. The lowest BCUT2D eigenvalue weighted by atomic mass is 9.98. The minimum Gasteiger partial charge on any atom is -0.434 e. The lowest BCUT2D eigenvalue weighted by molar-refractivity contribution is 0.0965. The molecule has 0 unspecified atom stereocenters. The first kappa shape index (κ1) is 35.2. The van der Waals surface area contributed by atoms with Gasteiger partial charge in [-0.25, -0.2) is 9.59 Å². The molecule has 0 amide bonds. The zero-order chi connectivity index (χ0) is 31.4. The molecular formula is C38H54O6. The van der Waals surface area contributed by atoms with Gasteiger partial charge in [-0.2, -0.15) is 0 Å². The van der Waals surface area contributed by atoms with Crippen molar-refractivity contribution in [2.24, 2.45) is 0 Å². The Morgan fingerprint density at radius 3 is 1.36 bits per heavy atom. The van der Waals surface area contributed by atoms with Crippen LogP contribution in [0.4, 0.5) is 9.59 Å². The van der Waals surface area contributed by atoms with Crippen molar-refractivity contribution >= 4 is 33.9 Å². The number of fused-ring (bicyclic) bond motifs is 2. The van der Waals surface area contributed by atoms with Crippen LogP contribution >= 0.6 is 0 Å². The van der Waals surface area contributed by atoms with E-state index in [1.807, 2.05) is 42.5 Å². The van der Waals surface area contributed by atoms with Gasteiger partial charge in [0.05, 0.1) is 13.2 Å². The quantitative estimate of drug-likeness (QED) is 0.0520. The third-order valence-corrected chi connectivity index (χ3v) is 8.20. The summed E-state index contributed by atoms with van der Waals surface area (Å²) in [7, 11) is 0. The highest BCUT2D eigenvalue weighted by Gasteiger charge is 2.21. The van der Waals surface area contributed by atoms with Crippen molar-refractivity contribution in [3.05, 3.63) is 48.0 Å². The first-order chi connectivity index (χ1) is 21.6. The number of benzene rings is 3. The molecule has 6 nitrogen and oxygen atoms in total. The Morgan fingerprint density at radius 1 is 0.500 bits per heavy atom. The van der Waals surface area contributed by atoms with Crippen LogP contribution in [0.1, 0.15) is 129 Å². The Kier molecular flexibility index (Phi) is 16.5. The summed E-state index contributed by atoms with van der Waals surface area (Å²) in [5.74, 6) is 0.810. The molecule has 0 spiro atoms. The van der Waals surface area contributed by atoms with E-state index in [9.17, 15) is 9.59 Å². The first-order valence-electron chi connectivity index (χ1n) is 17.3. The second-order valence-corrected chi connectivity index (χ2v) is 11.8. The van der Waals surface area contributed by atoms with Crippen LogP contribution in [-0.4, -0.2) is 25.5 Å². The smallest absolute Gasteiger partial charge is 0.434 e. The van der Waals surface area contributed by atoms with Gasteiger partial charge in [0.15, 0.2) is 0 Å². The number of aryl methyl sites for hydroxylation is 1. The van der Waals surface area contributed by atoms with Crippen LogP contribution in [0, 0.1) is 0 Å². The summed E-state index contributed by atoms with van der Waals surface area (Å²) in [4.78, 5) is 25.6. The fraction of sp³-hybridized carbons (Fsp3) is 0.579. The molecule has 0 aliphatic rings. The monoisotopic (exact) mass is 606 g/mol. The molecule has 0 atom stereocenters. The number of unbranched alkanes of at least 4 members (excludes halogenated alkanes) is 14. The predicted octanol–water partition coefficient (Wildman–Crippen LogP) is 11.9. The van der Waals surface area contributed by atoms with Crippen LogP contribution < -0.4 is 9.47 Å². The summed E-state index contributed by atoms with van der Waals surface area (Å²) in [5.41, 5.74) is 1.08. The highest BCUT2D eigenvalue weighted by atomic mass is 16.7. The molecule has 0 N–H and O–H groups in total. The minimum atomic E-state index is -0.725. The maximum Gasteiger partial charge on any atom is 0.513 e. The SMILES string of the molecule is CCCCCCCCCCOC(=O)Oc1c2ccccc2c(OC(=O)OCCCCCCCCCC)c2cc(CC)ccc12. The first-order valence-corrected chi connectivity index (χ1v) is 17.3. The predicted molar refractivity (Wildman–Crippen MR) is 180 cm³/mol. The topological polar surface area (TPSA) is 71.1 Å². The minimum absolute atomic E-state index is 0.329. The maximum absolute atomic E-state index is 12.8. The van der Waals surface area contributed by atoms with Crippen molar-refractivity contribution < 1.29 is 28.5 Å².